The number of para-hydroxylation sites is 1. The van der Waals surface area contributed by atoms with Crippen molar-refractivity contribution in [2.75, 3.05) is 7.11 Å². The van der Waals surface area contributed by atoms with Gasteiger partial charge < -0.3 is 4.74 Å². The van der Waals surface area contributed by atoms with Gasteiger partial charge in [0, 0.05) is 39.9 Å². The third kappa shape index (κ3) is 4.45. The molecule has 0 bridgehead atoms. The highest BCUT2D eigenvalue weighted by Crippen LogP contribution is 2.45. The maximum absolute atomic E-state index is 14.6. The number of rotatable bonds is 5. The summed E-state index contributed by atoms with van der Waals surface area (Å²) >= 11 is 6.17. The lowest BCUT2D eigenvalue weighted by molar-refractivity contribution is 0.412. The van der Waals surface area contributed by atoms with Gasteiger partial charge in [-0.3, -0.25) is 14.4 Å². The summed E-state index contributed by atoms with van der Waals surface area (Å²) in [5.74, 6) is 1.30. The predicted octanol–water partition coefficient (Wildman–Crippen LogP) is 7.39. The zero-order valence-electron chi connectivity index (χ0n) is 21.6. The highest BCUT2D eigenvalue weighted by molar-refractivity contribution is 6.30. The van der Waals surface area contributed by atoms with Crippen molar-refractivity contribution in [3.63, 3.8) is 0 Å². The SMILES string of the molecule is COc1ccc2c(c1)C(C)(c1cnc(-c3ccccc3)n(-c3ccccc3)c1=O)CC(c1ccc(Cl)cc1)=N2. The third-order valence-corrected chi connectivity index (χ3v) is 7.61. The van der Waals surface area contributed by atoms with Crippen LogP contribution in [0.5, 0.6) is 5.75 Å². The minimum absolute atomic E-state index is 0.122. The maximum Gasteiger partial charge on any atom is 0.262 e. The van der Waals surface area contributed by atoms with Crippen LogP contribution in [0.3, 0.4) is 0 Å². The molecule has 0 fully saturated rings. The number of fused-ring (bicyclic) bond motifs is 1. The first-order valence-corrected chi connectivity index (χ1v) is 13.1. The lowest BCUT2D eigenvalue weighted by atomic mass is 9.70. The fraction of sp³-hybridized carbons (Fsp3) is 0.121. The predicted molar refractivity (Wildman–Crippen MR) is 157 cm³/mol. The molecule has 1 aliphatic heterocycles. The zero-order valence-corrected chi connectivity index (χ0v) is 22.4. The maximum atomic E-state index is 14.6. The second-order valence-corrected chi connectivity index (χ2v) is 10.2. The zero-order chi connectivity index (χ0) is 27.0. The number of ether oxygens (including phenoxy) is 1. The molecule has 5 aromatic rings. The first-order valence-electron chi connectivity index (χ1n) is 12.7. The minimum atomic E-state index is -0.726. The summed E-state index contributed by atoms with van der Waals surface area (Å²) in [7, 11) is 1.64. The molecule has 2 heterocycles. The van der Waals surface area contributed by atoms with E-state index >= 15 is 0 Å². The number of aromatic nitrogens is 2. The molecular formula is C33H26ClN3O2. The van der Waals surface area contributed by atoms with Crippen molar-refractivity contribution in [3.05, 3.63) is 141 Å². The monoisotopic (exact) mass is 531 g/mol. The van der Waals surface area contributed by atoms with Gasteiger partial charge >= 0.3 is 0 Å². The largest absolute Gasteiger partial charge is 0.497 e. The van der Waals surface area contributed by atoms with E-state index in [9.17, 15) is 4.79 Å². The van der Waals surface area contributed by atoms with Crippen LogP contribution in [0.1, 0.15) is 30.0 Å². The Morgan fingerprint density at radius 2 is 1.54 bits per heavy atom. The molecule has 0 N–H and O–H groups in total. The number of nitrogens with zero attached hydrogens (tertiary/aromatic N) is 3. The van der Waals surface area contributed by atoms with Crippen LogP contribution in [-0.4, -0.2) is 22.4 Å². The molecule has 1 aromatic heterocycles. The summed E-state index contributed by atoms with van der Waals surface area (Å²) in [6.45, 7) is 2.09. The number of benzene rings is 4. The highest BCUT2D eigenvalue weighted by atomic mass is 35.5. The normalized spacial score (nSPS) is 16.3. The van der Waals surface area contributed by atoms with Crippen LogP contribution in [0.2, 0.25) is 5.02 Å². The molecule has 0 radical (unpaired) electrons. The summed E-state index contributed by atoms with van der Waals surface area (Å²) < 4.78 is 7.28. The Balaban J connectivity index is 1.61. The average Bonchev–Trinajstić information content (AvgIpc) is 2.98. The lowest BCUT2D eigenvalue weighted by Gasteiger charge is -2.35. The molecule has 0 saturated heterocycles. The molecule has 1 aliphatic rings. The molecule has 192 valence electrons. The summed E-state index contributed by atoms with van der Waals surface area (Å²) in [6.07, 6.45) is 2.24. The van der Waals surface area contributed by atoms with Crippen LogP contribution in [0.15, 0.2) is 119 Å². The van der Waals surface area contributed by atoms with Crippen molar-refractivity contribution in [3.8, 4) is 22.8 Å². The van der Waals surface area contributed by atoms with Crippen LogP contribution < -0.4 is 10.3 Å². The standard InChI is InChI=1S/C33H26ClN3O2/c1-33(20-30(22-13-15-24(34)16-14-22)36-29-18-17-26(39-2)19-27(29)33)28-21-35-31(23-9-5-3-6-10-23)37(32(28)38)25-11-7-4-8-12-25/h3-19,21H,20H2,1-2H3. The Labute approximate surface area is 232 Å². The van der Waals surface area contributed by atoms with Crippen LogP contribution in [0.4, 0.5) is 5.69 Å². The molecule has 0 amide bonds. The van der Waals surface area contributed by atoms with Crippen molar-refractivity contribution < 1.29 is 4.74 Å². The Hall–Kier alpha value is -4.48. The van der Waals surface area contributed by atoms with Gasteiger partial charge in [-0.05, 0) is 53.6 Å². The Kier molecular flexibility index (Phi) is 6.37. The average molecular weight is 532 g/mol. The molecule has 1 unspecified atom stereocenters. The van der Waals surface area contributed by atoms with Gasteiger partial charge in [0.05, 0.1) is 18.5 Å². The number of hydrogen-bond donors (Lipinski definition) is 0. The smallest absolute Gasteiger partial charge is 0.262 e. The van der Waals surface area contributed by atoms with Gasteiger partial charge in [0.2, 0.25) is 0 Å². The van der Waals surface area contributed by atoms with Crippen molar-refractivity contribution in [2.24, 2.45) is 4.99 Å². The van der Waals surface area contributed by atoms with Gasteiger partial charge in [-0.15, -0.1) is 0 Å². The van der Waals surface area contributed by atoms with E-state index in [1.54, 1.807) is 17.9 Å². The van der Waals surface area contributed by atoms with E-state index in [4.69, 9.17) is 26.3 Å². The third-order valence-electron chi connectivity index (χ3n) is 7.35. The van der Waals surface area contributed by atoms with E-state index in [1.807, 2.05) is 103 Å². The topological polar surface area (TPSA) is 56.5 Å². The number of aliphatic imine (C=N–C) groups is 1. The quantitative estimate of drug-likeness (QED) is 0.237. The van der Waals surface area contributed by atoms with Crippen LogP contribution >= 0.6 is 11.6 Å². The van der Waals surface area contributed by atoms with Gasteiger partial charge in [0.15, 0.2) is 0 Å². The van der Waals surface area contributed by atoms with E-state index in [-0.39, 0.29) is 5.56 Å². The van der Waals surface area contributed by atoms with Crippen LogP contribution in [-0.2, 0) is 5.41 Å². The molecule has 0 spiro atoms. The minimum Gasteiger partial charge on any atom is -0.497 e. The Morgan fingerprint density at radius 1 is 0.846 bits per heavy atom. The second-order valence-electron chi connectivity index (χ2n) is 9.79. The van der Waals surface area contributed by atoms with Gasteiger partial charge in [-0.25, -0.2) is 4.98 Å². The highest BCUT2D eigenvalue weighted by Gasteiger charge is 2.39. The molecular weight excluding hydrogens is 506 g/mol. The van der Waals surface area contributed by atoms with Crippen molar-refractivity contribution in [1.82, 2.24) is 9.55 Å². The van der Waals surface area contributed by atoms with E-state index in [0.29, 0.717) is 28.6 Å². The molecule has 5 nitrogen and oxygen atoms in total. The molecule has 0 saturated carbocycles. The van der Waals surface area contributed by atoms with Crippen LogP contribution in [0, 0.1) is 0 Å². The van der Waals surface area contributed by atoms with Crippen molar-refractivity contribution >= 4 is 23.0 Å². The summed E-state index contributed by atoms with van der Waals surface area (Å²) in [5, 5.41) is 0.662. The molecule has 0 aliphatic carbocycles. The second kappa shape index (κ2) is 10.0. The summed E-state index contributed by atoms with van der Waals surface area (Å²) in [5.41, 5.74) is 4.92. The van der Waals surface area contributed by atoms with E-state index in [1.165, 1.54) is 0 Å². The van der Waals surface area contributed by atoms with Crippen molar-refractivity contribution in [1.29, 1.82) is 0 Å². The van der Waals surface area contributed by atoms with Gasteiger partial charge in [-0.1, -0.05) is 79.2 Å². The molecule has 6 heteroatoms. The lowest BCUT2D eigenvalue weighted by Crippen LogP contribution is -2.38. The molecule has 1 atom stereocenters. The Morgan fingerprint density at radius 3 is 2.23 bits per heavy atom. The molecule has 4 aromatic carbocycles. The fourth-order valence-electron chi connectivity index (χ4n) is 5.29. The number of halogens is 1. The van der Waals surface area contributed by atoms with Gasteiger partial charge in [0.25, 0.3) is 5.56 Å². The van der Waals surface area contributed by atoms with Gasteiger partial charge in [0.1, 0.15) is 11.6 Å². The summed E-state index contributed by atoms with van der Waals surface area (Å²) in [6, 6.07) is 32.9. The molecule has 39 heavy (non-hydrogen) atoms. The van der Waals surface area contributed by atoms with E-state index in [0.717, 1.165) is 33.8 Å². The number of methoxy groups -OCH3 is 1. The fourth-order valence-corrected chi connectivity index (χ4v) is 5.41. The first-order chi connectivity index (χ1) is 19.0. The van der Waals surface area contributed by atoms with Crippen LogP contribution in [0.25, 0.3) is 17.1 Å². The van der Waals surface area contributed by atoms with E-state index < -0.39 is 5.41 Å². The molecule has 6 rings (SSSR count). The first kappa shape index (κ1) is 24.8. The number of hydrogen-bond acceptors (Lipinski definition) is 4. The van der Waals surface area contributed by atoms with Crippen molar-refractivity contribution in [2.45, 2.75) is 18.8 Å². The van der Waals surface area contributed by atoms with Gasteiger partial charge in [-0.2, -0.15) is 0 Å². The summed E-state index contributed by atoms with van der Waals surface area (Å²) in [4.78, 5) is 24.5. The Bertz CT molecular complexity index is 1750. The van der Waals surface area contributed by atoms with E-state index in [2.05, 4.69) is 6.92 Å².